The molecule has 0 saturated carbocycles. The Kier molecular flexibility index (Phi) is 5.26. The van der Waals surface area contributed by atoms with E-state index in [-0.39, 0.29) is 18.3 Å². The second-order valence-corrected chi connectivity index (χ2v) is 5.36. The van der Waals surface area contributed by atoms with E-state index in [0.717, 1.165) is 5.75 Å². The Morgan fingerprint density at radius 3 is 2.36 bits per heavy atom. The van der Waals surface area contributed by atoms with Crippen molar-refractivity contribution in [2.75, 3.05) is 17.2 Å². The van der Waals surface area contributed by atoms with E-state index >= 15 is 0 Å². The number of rotatable bonds is 6. The van der Waals surface area contributed by atoms with Crippen LogP contribution in [0.15, 0.2) is 78.9 Å². The zero-order valence-corrected chi connectivity index (χ0v) is 13.4. The van der Waals surface area contributed by atoms with E-state index in [1.54, 1.807) is 30.3 Å². The Balaban J connectivity index is 1.57. The molecule has 3 aromatic carbocycles. The first-order chi connectivity index (χ1) is 12.2. The van der Waals surface area contributed by atoms with Gasteiger partial charge in [-0.25, -0.2) is 4.39 Å². The molecule has 0 atom stereocenters. The van der Waals surface area contributed by atoms with Crippen LogP contribution >= 0.6 is 0 Å². The molecule has 4 nitrogen and oxygen atoms in total. The summed E-state index contributed by atoms with van der Waals surface area (Å²) in [6.07, 6.45) is 0. The lowest BCUT2D eigenvalue weighted by Gasteiger charge is -2.10. The maximum absolute atomic E-state index is 13.1. The molecule has 0 aliphatic carbocycles. The molecule has 0 spiro atoms. The number of nitrogens with one attached hydrogen (secondary N) is 2. The van der Waals surface area contributed by atoms with Gasteiger partial charge in [0.2, 0.25) is 5.91 Å². The van der Waals surface area contributed by atoms with Gasteiger partial charge in [0.25, 0.3) is 0 Å². The van der Waals surface area contributed by atoms with Gasteiger partial charge >= 0.3 is 0 Å². The smallest absolute Gasteiger partial charge is 0.243 e. The molecule has 5 heteroatoms. The van der Waals surface area contributed by atoms with Crippen LogP contribution in [0.2, 0.25) is 0 Å². The van der Waals surface area contributed by atoms with E-state index in [4.69, 9.17) is 4.74 Å². The van der Waals surface area contributed by atoms with Gasteiger partial charge in [-0.15, -0.1) is 0 Å². The summed E-state index contributed by atoms with van der Waals surface area (Å²) in [6.45, 7) is 0.0349. The summed E-state index contributed by atoms with van der Waals surface area (Å²) in [5.74, 6) is 0.762. The Bertz CT molecular complexity index is 853. The minimum atomic E-state index is -0.351. The number of para-hydroxylation sites is 1. The fraction of sp³-hybridized carbons (Fsp3) is 0.0500. The molecule has 0 bridgehead atoms. The second kappa shape index (κ2) is 7.97. The van der Waals surface area contributed by atoms with Crippen molar-refractivity contribution in [3.63, 3.8) is 0 Å². The SMILES string of the molecule is O=C(CNc1cccc(F)c1)Nc1cccc(Oc2ccccc2)c1. The highest BCUT2D eigenvalue weighted by Crippen LogP contribution is 2.23. The lowest BCUT2D eigenvalue weighted by Crippen LogP contribution is -2.21. The Labute approximate surface area is 145 Å². The third kappa shape index (κ3) is 5.07. The standard InChI is InChI=1S/C20H17FN2O2/c21-15-6-4-7-16(12-15)22-14-20(24)23-17-8-5-11-19(13-17)25-18-9-2-1-3-10-18/h1-13,22H,14H2,(H,23,24). The van der Waals surface area contributed by atoms with Gasteiger partial charge in [0.1, 0.15) is 17.3 Å². The largest absolute Gasteiger partial charge is 0.457 e. The van der Waals surface area contributed by atoms with E-state index in [9.17, 15) is 9.18 Å². The van der Waals surface area contributed by atoms with Crippen LogP contribution in [0.1, 0.15) is 0 Å². The van der Waals surface area contributed by atoms with Gasteiger partial charge in [0.05, 0.1) is 6.54 Å². The number of ether oxygens (including phenoxy) is 1. The molecule has 0 saturated heterocycles. The number of anilines is 2. The lowest BCUT2D eigenvalue weighted by atomic mass is 10.3. The third-order valence-corrected chi connectivity index (χ3v) is 3.37. The van der Waals surface area contributed by atoms with Crippen molar-refractivity contribution in [1.82, 2.24) is 0 Å². The van der Waals surface area contributed by atoms with Gasteiger partial charge in [-0.05, 0) is 42.5 Å². The lowest BCUT2D eigenvalue weighted by molar-refractivity contribution is -0.114. The number of hydrogen-bond donors (Lipinski definition) is 2. The average molecular weight is 336 g/mol. The van der Waals surface area contributed by atoms with Crippen molar-refractivity contribution in [1.29, 1.82) is 0 Å². The fourth-order valence-electron chi connectivity index (χ4n) is 2.25. The molecule has 126 valence electrons. The van der Waals surface area contributed by atoms with E-state index in [1.807, 2.05) is 36.4 Å². The number of halogens is 1. The molecule has 0 unspecified atom stereocenters. The number of benzene rings is 3. The maximum atomic E-state index is 13.1. The predicted octanol–water partition coefficient (Wildman–Crippen LogP) is 4.67. The molecular formula is C20H17FN2O2. The first-order valence-electron chi connectivity index (χ1n) is 7.81. The van der Waals surface area contributed by atoms with E-state index < -0.39 is 0 Å². The van der Waals surface area contributed by atoms with Gasteiger partial charge in [-0.2, -0.15) is 0 Å². The van der Waals surface area contributed by atoms with Gasteiger partial charge in [0, 0.05) is 17.4 Å². The van der Waals surface area contributed by atoms with Crippen LogP contribution in [-0.4, -0.2) is 12.5 Å². The van der Waals surface area contributed by atoms with Crippen molar-refractivity contribution in [2.24, 2.45) is 0 Å². The van der Waals surface area contributed by atoms with Gasteiger partial charge < -0.3 is 15.4 Å². The monoisotopic (exact) mass is 336 g/mol. The molecule has 1 amide bonds. The second-order valence-electron chi connectivity index (χ2n) is 5.36. The van der Waals surface area contributed by atoms with Crippen molar-refractivity contribution in [3.8, 4) is 11.5 Å². The minimum absolute atomic E-state index is 0.0349. The molecule has 0 radical (unpaired) electrons. The van der Waals surface area contributed by atoms with Gasteiger partial charge in [-0.1, -0.05) is 30.3 Å². The Morgan fingerprint density at radius 1 is 0.840 bits per heavy atom. The molecule has 0 aliphatic heterocycles. The van der Waals surface area contributed by atoms with Crippen molar-refractivity contribution >= 4 is 17.3 Å². The van der Waals surface area contributed by atoms with E-state index in [0.29, 0.717) is 17.1 Å². The topological polar surface area (TPSA) is 50.4 Å². The summed E-state index contributed by atoms with van der Waals surface area (Å²) in [4.78, 5) is 12.0. The highest BCUT2D eigenvalue weighted by molar-refractivity contribution is 5.93. The normalized spacial score (nSPS) is 10.1. The maximum Gasteiger partial charge on any atom is 0.243 e. The third-order valence-electron chi connectivity index (χ3n) is 3.37. The molecular weight excluding hydrogens is 319 g/mol. The zero-order valence-electron chi connectivity index (χ0n) is 13.4. The molecule has 0 aliphatic rings. The summed E-state index contributed by atoms with van der Waals surface area (Å²) in [6, 6.07) is 22.5. The molecule has 0 fully saturated rings. The van der Waals surface area contributed by atoms with Crippen LogP contribution < -0.4 is 15.4 Å². The first-order valence-corrected chi connectivity index (χ1v) is 7.81. The summed E-state index contributed by atoms with van der Waals surface area (Å²) in [7, 11) is 0. The predicted molar refractivity (Wildman–Crippen MR) is 96.5 cm³/mol. The van der Waals surface area contributed by atoms with Gasteiger partial charge in [0.15, 0.2) is 0 Å². The first kappa shape index (κ1) is 16.5. The van der Waals surface area contributed by atoms with Crippen molar-refractivity contribution in [3.05, 3.63) is 84.7 Å². The number of hydrogen-bond acceptors (Lipinski definition) is 3. The van der Waals surface area contributed by atoms with Crippen LogP contribution in [0.3, 0.4) is 0 Å². The number of carbonyl (C=O) groups is 1. The molecule has 0 aromatic heterocycles. The van der Waals surface area contributed by atoms with Crippen molar-refractivity contribution < 1.29 is 13.9 Å². The van der Waals surface area contributed by atoms with Crippen LogP contribution in [0.25, 0.3) is 0 Å². The summed E-state index contributed by atoms with van der Waals surface area (Å²) >= 11 is 0. The number of carbonyl (C=O) groups excluding carboxylic acids is 1. The Hall–Kier alpha value is -3.34. The molecule has 3 aromatic rings. The summed E-state index contributed by atoms with van der Waals surface area (Å²) in [5, 5.41) is 5.65. The minimum Gasteiger partial charge on any atom is -0.457 e. The highest BCUT2D eigenvalue weighted by Gasteiger charge is 2.04. The zero-order chi connectivity index (χ0) is 17.5. The van der Waals surface area contributed by atoms with Crippen LogP contribution in [-0.2, 0) is 4.79 Å². The van der Waals surface area contributed by atoms with E-state index in [1.165, 1.54) is 12.1 Å². The van der Waals surface area contributed by atoms with Crippen LogP contribution in [0.5, 0.6) is 11.5 Å². The van der Waals surface area contributed by atoms with E-state index in [2.05, 4.69) is 10.6 Å². The fourth-order valence-corrected chi connectivity index (χ4v) is 2.25. The molecule has 2 N–H and O–H groups in total. The highest BCUT2D eigenvalue weighted by atomic mass is 19.1. The quantitative estimate of drug-likeness (QED) is 0.688. The van der Waals surface area contributed by atoms with Crippen LogP contribution in [0, 0.1) is 5.82 Å². The molecule has 25 heavy (non-hydrogen) atoms. The molecule has 3 rings (SSSR count). The van der Waals surface area contributed by atoms with Gasteiger partial charge in [-0.3, -0.25) is 4.79 Å². The summed E-state index contributed by atoms with van der Waals surface area (Å²) < 4.78 is 18.8. The number of amides is 1. The summed E-state index contributed by atoms with van der Waals surface area (Å²) in [5.41, 5.74) is 1.18. The average Bonchev–Trinajstić information content (AvgIpc) is 2.61. The molecule has 0 heterocycles. The van der Waals surface area contributed by atoms with Crippen molar-refractivity contribution in [2.45, 2.75) is 0 Å². The van der Waals surface area contributed by atoms with Crippen LogP contribution in [0.4, 0.5) is 15.8 Å². The Morgan fingerprint density at radius 2 is 1.56 bits per heavy atom.